The summed E-state index contributed by atoms with van der Waals surface area (Å²) in [5.41, 5.74) is 5.52. The topological polar surface area (TPSA) is 59.0 Å². The third-order valence-electron chi connectivity index (χ3n) is 5.47. The minimum absolute atomic E-state index is 0.217. The lowest BCUT2D eigenvalue weighted by Gasteiger charge is -2.28. The minimum Gasteiger partial charge on any atom is -0.497 e. The maximum atomic E-state index is 5.35. The molecule has 4 aromatic rings. The van der Waals surface area contributed by atoms with Gasteiger partial charge >= 0.3 is 0 Å². The SMILES string of the molecule is COc1ccc2nc([C@@H]3CCCN3c3cc(C)ccc3-n3cccn3)[nH]c2c1. The van der Waals surface area contributed by atoms with Crippen molar-refractivity contribution in [3.8, 4) is 11.4 Å². The Morgan fingerprint density at radius 2 is 2.07 bits per heavy atom. The van der Waals surface area contributed by atoms with Gasteiger partial charge < -0.3 is 14.6 Å². The average molecular weight is 373 g/mol. The van der Waals surface area contributed by atoms with Gasteiger partial charge in [-0.1, -0.05) is 6.07 Å². The Morgan fingerprint density at radius 3 is 2.89 bits per heavy atom. The first kappa shape index (κ1) is 16.9. The van der Waals surface area contributed by atoms with Crippen LogP contribution in [0.2, 0.25) is 0 Å². The second-order valence-electron chi connectivity index (χ2n) is 7.30. The smallest absolute Gasteiger partial charge is 0.130 e. The van der Waals surface area contributed by atoms with Gasteiger partial charge in [0.25, 0.3) is 0 Å². The number of imidazole rings is 1. The molecule has 0 unspecified atom stereocenters. The summed E-state index contributed by atoms with van der Waals surface area (Å²) < 4.78 is 7.29. The number of benzene rings is 2. The van der Waals surface area contributed by atoms with Crippen LogP contribution in [0.25, 0.3) is 16.7 Å². The molecule has 3 heterocycles. The molecule has 5 rings (SSSR count). The van der Waals surface area contributed by atoms with Crippen LogP contribution in [0.5, 0.6) is 5.75 Å². The molecular formula is C22H23N5O. The number of anilines is 1. The quantitative estimate of drug-likeness (QED) is 0.576. The molecule has 1 atom stereocenters. The second-order valence-corrected chi connectivity index (χ2v) is 7.30. The Hall–Kier alpha value is -3.28. The number of aromatic nitrogens is 4. The fraction of sp³-hybridized carbons (Fsp3) is 0.273. The molecular weight excluding hydrogens is 350 g/mol. The van der Waals surface area contributed by atoms with E-state index in [1.165, 1.54) is 11.3 Å². The lowest BCUT2D eigenvalue weighted by Crippen LogP contribution is -2.25. The summed E-state index contributed by atoms with van der Waals surface area (Å²) in [5, 5.41) is 4.45. The number of aromatic amines is 1. The first-order valence-corrected chi connectivity index (χ1v) is 9.64. The van der Waals surface area contributed by atoms with Crippen LogP contribution < -0.4 is 9.64 Å². The van der Waals surface area contributed by atoms with Crippen molar-refractivity contribution in [3.63, 3.8) is 0 Å². The summed E-state index contributed by atoms with van der Waals surface area (Å²) in [6.07, 6.45) is 6.02. The van der Waals surface area contributed by atoms with Crippen molar-refractivity contribution in [3.05, 3.63) is 66.2 Å². The Morgan fingerprint density at radius 1 is 1.14 bits per heavy atom. The molecule has 2 aromatic heterocycles. The third-order valence-corrected chi connectivity index (χ3v) is 5.47. The van der Waals surface area contributed by atoms with E-state index < -0.39 is 0 Å². The molecule has 1 aliphatic rings. The fourth-order valence-corrected chi connectivity index (χ4v) is 4.10. The van der Waals surface area contributed by atoms with E-state index in [4.69, 9.17) is 9.72 Å². The number of rotatable bonds is 4. The van der Waals surface area contributed by atoms with Crippen LogP contribution in [-0.4, -0.2) is 33.4 Å². The van der Waals surface area contributed by atoms with Gasteiger partial charge in [-0.05, 0) is 55.7 Å². The molecule has 0 amide bonds. The Kier molecular flexibility index (Phi) is 4.04. The molecule has 1 aliphatic heterocycles. The number of H-pyrrole nitrogens is 1. The predicted octanol–water partition coefficient (Wildman–Crippen LogP) is 4.41. The van der Waals surface area contributed by atoms with Crippen LogP contribution in [0.1, 0.15) is 30.3 Å². The van der Waals surface area contributed by atoms with Crippen molar-refractivity contribution in [2.24, 2.45) is 0 Å². The number of fused-ring (bicyclic) bond motifs is 1. The molecule has 1 saturated heterocycles. The van der Waals surface area contributed by atoms with Crippen LogP contribution in [-0.2, 0) is 0 Å². The Balaban J connectivity index is 1.57. The molecule has 142 valence electrons. The number of hydrogen-bond donors (Lipinski definition) is 1. The van der Waals surface area contributed by atoms with Gasteiger partial charge in [-0.2, -0.15) is 5.10 Å². The molecule has 1 fully saturated rings. The van der Waals surface area contributed by atoms with E-state index in [1.54, 1.807) is 7.11 Å². The van der Waals surface area contributed by atoms with E-state index in [2.05, 4.69) is 40.1 Å². The Labute approximate surface area is 163 Å². The maximum Gasteiger partial charge on any atom is 0.130 e. The minimum atomic E-state index is 0.217. The zero-order valence-electron chi connectivity index (χ0n) is 16.1. The summed E-state index contributed by atoms with van der Waals surface area (Å²) in [6.45, 7) is 3.14. The van der Waals surface area contributed by atoms with Crippen molar-refractivity contribution in [1.29, 1.82) is 0 Å². The number of ether oxygens (including phenoxy) is 1. The fourth-order valence-electron chi connectivity index (χ4n) is 4.10. The number of aryl methyl sites for hydroxylation is 1. The summed E-state index contributed by atoms with van der Waals surface area (Å²) in [5.74, 6) is 1.85. The van der Waals surface area contributed by atoms with Crippen molar-refractivity contribution in [2.45, 2.75) is 25.8 Å². The molecule has 6 heteroatoms. The van der Waals surface area contributed by atoms with Gasteiger partial charge in [0.15, 0.2) is 0 Å². The lowest BCUT2D eigenvalue weighted by atomic mass is 10.1. The average Bonchev–Trinajstić information content (AvgIpc) is 3.46. The van der Waals surface area contributed by atoms with Crippen molar-refractivity contribution in [2.75, 3.05) is 18.6 Å². The van der Waals surface area contributed by atoms with Crippen LogP contribution in [0.15, 0.2) is 54.9 Å². The van der Waals surface area contributed by atoms with Crippen molar-refractivity contribution in [1.82, 2.24) is 19.7 Å². The highest BCUT2D eigenvalue weighted by molar-refractivity contribution is 5.77. The third kappa shape index (κ3) is 2.81. The van der Waals surface area contributed by atoms with Crippen LogP contribution in [0.3, 0.4) is 0 Å². The maximum absolute atomic E-state index is 5.35. The first-order valence-electron chi connectivity index (χ1n) is 9.64. The molecule has 0 spiro atoms. The van der Waals surface area contributed by atoms with E-state index in [-0.39, 0.29) is 6.04 Å². The number of methoxy groups -OCH3 is 1. The van der Waals surface area contributed by atoms with Crippen LogP contribution in [0, 0.1) is 6.92 Å². The molecule has 6 nitrogen and oxygen atoms in total. The second kappa shape index (κ2) is 6.71. The summed E-state index contributed by atoms with van der Waals surface area (Å²) in [6, 6.07) is 14.7. The van der Waals surface area contributed by atoms with E-state index in [0.29, 0.717) is 0 Å². The molecule has 0 aliphatic carbocycles. The highest BCUT2D eigenvalue weighted by Crippen LogP contribution is 2.39. The van der Waals surface area contributed by atoms with E-state index >= 15 is 0 Å². The number of nitrogens with one attached hydrogen (secondary N) is 1. The highest BCUT2D eigenvalue weighted by Gasteiger charge is 2.30. The molecule has 0 bridgehead atoms. The van der Waals surface area contributed by atoms with Crippen molar-refractivity contribution < 1.29 is 4.74 Å². The predicted molar refractivity (Wildman–Crippen MR) is 110 cm³/mol. The van der Waals surface area contributed by atoms with Crippen LogP contribution in [0.4, 0.5) is 5.69 Å². The molecule has 0 saturated carbocycles. The zero-order valence-corrected chi connectivity index (χ0v) is 16.1. The molecule has 2 aromatic carbocycles. The normalized spacial score (nSPS) is 16.8. The summed E-state index contributed by atoms with van der Waals surface area (Å²) >= 11 is 0. The molecule has 28 heavy (non-hydrogen) atoms. The monoisotopic (exact) mass is 373 g/mol. The molecule has 1 N–H and O–H groups in total. The molecule has 0 radical (unpaired) electrons. The zero-order chi connectivity index (χ0) is 19.1. The summed E-state index contributed by atoms with van der Waals surface area (Å²) in [7, 11) is 1.69. The van der Waals surface area contributed by atoms with Gasteiger partial charge in [0.2, 0.25) is 0 Å². The van der Waals surface area contributed by atoms with Gasteiger partial charge in [0, 0.05) is 25.0 Å². The van der Waals surface area contributed by atoms with Crippen molar-refractivity contribution >= 4 is 16.7 Å². The van der Waals surface area contributed by atoms with Crippen LogP contribution >= 0.6 is 0 Å². The van der Waals surface area contributed by atoms with Gasteiger partial charge in [0.05, 0.1) is 35.6 Å². The van der Waals surface area contributed by atoms with E-state index in [9.17, 15) is 0 Å². The number of nitrogens with zero attached hydrogens (tertiary/aromatic N) is 4. The van der Waals surface area contributed by atoms with E-state index in [0.717, 1.165) is 47.7 Å². The largest absolute Gasteiger partial charge is 0.497 e. The summed E-state index contributed by atoms with van der Waals surface area (Å²) in [4.78, 5) is 10.9. The van der Waals surface area contributed by atoms with Gasteiger partial charge in [-0.25, -0.2) is 9.67 Å². The van der Waals surface area contributed by atoms with Gasteiger partial charge in [-0.15, -0.1) is 0 Å². The Bertz CT molecular complexity index is 1120. The highest BCUT2D eigenvalue weighted by atomic mass is 16.5. The number of hydrogen-bond acceptors (Lipinski definition) is 4. The van der Waals surface area contributed by atoms with Gasteiger partial charge in [-0.3, -0.25) is 0 Å². The standard InChI is InChI=1S/C22H23N5O/c1-15-6-9-19(27-12-4-10-23-27)21(13-15)26-11-3-5-20(26)22-24-17-8-7-16(28-2)14-18(17)25-22/h4,6-10,12-14,20H,3,5,11H2,1-2H3,(H,24,25)/t20-/m0/s1. The first-order chi connectivity index (χ1) is 13.7. The van der Waals surface area contributed by atoms with Gasteiger partial charge in [0.1, 0.15) is 11.6 Å². The lowest BCUT2D eigenvalue weighted by molar-refractivity contribution is 0.415. The van der Waals surface area contributed by atoms with E-state index in [1.807, 2.05) is 41.3 Å².